The van der Waals surface area contributed by atoms with Gasteiger partial charge in [0, 0.05) is 19.3 Å². The van der Waals surface area contributed by atoms with Crippen molar-refractivity contribution >= 4 is 0 Å². The quantitative estimate of drug-likeness (QED) is 0.709. The summed E-state index contributed by atoms with van der Waals surface area (Å²) in [5.41, 5.74) is 1.79. The Morgan fingerprint density at radius 2 is 2.00 bits per heavy atom. The van der Waals surface area contributed by atoms with Crippen molar-refractivity contribution in [1.82, 2.24) is 0 Å². The van der Waals surface area contributed by atoms with Crippen LogP contribution >= 0.6 is 0 Å². The van der Waals surface area contributed by atoms with Crippen molar-refractivity contribution in [2.75, 3.05) is 7.11 Å². The van der Waals surface area contributed by atoms with Gasteiger partial charge in [0.15, 0.2) is 0 Å². The second-order valence-electron chi connectivity index (χ2n) is 4.09. The van der Waals surface area contributed by atoms with Crippen molar-refractivity contribution in [3.8, 4) is 5.75 Å². The highest BCUT2D eigenvalue weighted by Crippen LogP contribution is 2.34. The molecule has 2 N–H and O–H groups in total. The van der Waals surface area contributed by atoms with Crippen molar-refractivity contribution in [1.29, 1.82) is 0 Å². The third-order valence-corrected chi connectivity index (χ3v) is 3.04. The Kier molecular flexibility index (Phi) is 2.46. The second-order valence-corrected chi connectivity index (χ2v) is 4.09. The fourth-order valence-electron chi connectivity index (χ4n) is 1.76. The number of benzene rings is 1. The van der Waals surface area contributed by atoms with Gasteiger partial charge in [-0.1, -0.05) is 12.1 Å². The summed E-state index contributed by atoms with van der Waals surface area (Å²) >= 11 is 0. The highest BCUT2D eigenvalue weighted by molar-refractivity contribution is 5.28. The molecule has 0 spiro atoms. The van der Waals surface area contributed by atoms with E-state index in [1.54, 1.807) is 7.11 Å². The number of methoxy groups -OCH3 is 1. The number of hydrogen-bond acceptors (Lipinski definition) is 1. The molecule has 0 aromatic heterocycles. The van der Waals surface area contributed by atoms with Crippen LogP contribution in [0.25, 0.3) is 0 Å². The molecule has 1 fully saturated rings. The van der Waals surface area contributed by atoms with Gasteiger partial charge in [0.05, 0.1) is 12.6 Å². The number of quaternary nitrogens is 1. The zero-order valence-corrected chi connectivity index (χ0v) is 8.62. The highest BCUT2D eigenvalue weighted by atomic mass is 16.5. The van der Waals surface area contributed by atoms with Gasteiger partial charge in [-0.15, -0.1) is 0 Å². The van der Waals surface area contributed by atoms with Crippen LogP contribution in [0.5, 0.6) is 5.75 Å². The van der Waals surface area contributed by atoms with E-state index in [0.717, 1.165) is 12.2 Å². The summed E-state index contributed by atoms with van der Waals surface area (Å²) in [7, 11) is 5.60. The van der Waals surface area contributed by atoms with Gasteiger partial charge in [-0.3, -0.25) is 0 Å². The van der Waals surface area contributed by atoms with E-state index < -0.39 is 0 Å². The van der Waals surface area contributed by atoms with Crippen molar-refractivity contribution < 1.29 is 10.1 Å². The van der Waals surface area contributed by atoms with Crippen LogP contribution in [0.3, 0.4) is 0 Å². The fraction of sp³-hybridized carbons (Fsp3) is 0.417. The van der Waals surface area contributed by atoms with E-state index in [0.29, 0.717) is 5.54 Å². The summed E-state index contributed by atoms with van der Waals surface area (Å²) in [5.74, 6) is 0.928. The summed E-state index contributed by atoms with van der Waals surface area (Å²) in [4.78, 5) is 0. The van der Waals surface area contributed by atoms with E-state index in [9.17, 15) is 0 Å². The van der Waals surface area contributed by atoms with Gasteiger partial charge in [0.1, 0.15) is 5.75 Å². The molecule has 2 heteroatoms. The van der Waals surface area contributed by atoms with Crippen molar-refractivity contribution in [3.63, 3.8) is 0 Å². The van der Waals surface area contributed by atoms with Gasteiger partial charge in [-0.25, -0.2) is 0 Å². The lowest BCUT2D eigenvalue weighted by atomic mass is 10.0. The average Bonchev–Trinajstić information content (AvgIpc) is 3.00. The molecule has 0 unspecified atom stereocenters. The molecule has 14 heavy (non-hydrogen) atoms. The highest BCUT2D eigenvalue weighted by Gasteiger charge is 2.43. The normalized spacial score (nSPS) is 17.9. The molecule has 76 valence electrons. The molecule has 1 aliphatic carbocycles. The molecule has 0 radical (unpaired) electrons. The standard InChI is InChI=1S/C12H17NO/c1-13-12(7-8-12)9-10-3-5-11(14-2)6-4-10/h3-6H,1,7-9,13H2,2H3. The van der Waals surface area contributed by atoms with Crippen LogP contribution in [0.4, 0.5) is 0 Å². The summed E-state index contributed by atoms with van der Waals surface area (Å²) < 4.78 is 5.12. The van der Waals surface area contributed by atoms with Crippen LogP contribution in [0.2, 0.25) is 0 Å². The van der Waals surface area contributed by atoms with Crippen LogP contribution in [-0.4, -0.2) is 12.6 Å². The molecule has 2 rings (SSSR count). The Hall–Kier alpha value is -1.02. The van der Waals surface area contributed by atoms with Crippen LogP contribution < -0.4 is 10.1 Å². The molecule has 0 aliphatic heterocycles. The second kappa shape index (κ2) is 3.62. The summed E-state index contributed by atoms with van der Waals surface area (Å²) in [6, 6.07) is 8.33. The van der Waals surface area contributed by atoms with Gasteiger partial charge < -0.3 is 10.1 Å². The summed E-state index contributed by atoms with van der Waals surface area (Å²) in [6.45, 7) is 0. The minimum atomic E-state index is 0.411. The smallest absolute Gasteiger partial charge is 0.118 e. The zero-order chi connectivity index (χ0) is 10.0. The van der Waals surface area contributed by atoms with Gasteiger partial charge in [0.25, 0.3) is 0 Å². The molecule has 2 nitrogen and oxygen atoms in total. The molecule has 1 saturated carbocycles. The largest absolute Gasteiger partial charge is 0.497 e. The summed E-state index contributed by atoms with van der Waals surface area (Å²) in [5, 5.41) is 2.11. The van der Waals surface area contributed by atoms with Gasteiger partial charge in [-0.2, -0.15) is 7.05 Å². The van der Waals surface area contributed by atoms with E-state index in [-0.39, 0.29) is 0 Å². The van der Waals surface area contributed by atoms with Crippen LogP contribution in [0, 0.1) is 7.05 Å². The predicted octanol–water partition coefficient (Wildman–Crippen LogP) is 1.13. The van der Waals surface area contributed by atoms with Crippen molar-refractivity contribution in [2.45, 2.75) is 24.8 Å². The first-order valence-corrected chi connectivity index (χ1v) is 5.04. The number of nitrogens with two attached hydrogens (primary N) is 1. The van der Waals surface area contributed by atoms with Gasteiger partial charge in [0.2, 0.25) is 0 Å². The maximum absolute atomic E-state index is 5.12. The summed E-state index contributed by atoms with van der Waals surface area (Å²) in [6.07, 6.45) is 3.71. The Balaban J connectivity index is 2.03. The molecular formula is C12H17NO. The monoisotopic (exact) mass is 191 g/mol. The van der Waals surface area contributed by atoms with Crippen LogP contribution in [0.1, 0.15) is 18.4 Å². The molecular weight excluding hydrogens is 174 g/mol. The average molecular weight is 191 g/mol. The molecule has 0 amide bonds. The molecule has 1 aromatic rings. The zero-order valence-electron chi connectivity index (χ0n) is 8.62. The van der Waals surface area contributed by atoms with Crippen molar-refractivity contribution in [2.24, 2.45) is 0 Å². The Bertz CT molecular complexity index is 301. The number of ether oxygens (including phenoxy) is 1. The minimum Gasteiger partial charge on any atom is -0.497 e. The maximum Gasteiger partial charge on any atom is 0.118 e. The molecule has 0 bridgehead atoms. The van der Waals surface area contributed by atoms with E-state index in [4.69, 9.17) is 4.74 Å². The molecule has 0 atom stereocenters. The predicted molar refractivity (Wildman–Crippen MR) is 55.9 cm³/mol. The van der Waals surface area contributed by atoms with E-state index >= 15 is 0 Å². The maximum atomic E-state index is 5.12. The molecule has 0 saturated heterocycles. The third kappa shape index (κ3) is 1.90. The number of rotatable bonds is 4. The van der Waals surface area contributed by atoms with E-state index in [1.165, 1.54) is 18.4 Å². The lowest BCUT2D eigenvalue weighted by Gasteiger charge is -2.14. The third-order valence-electron chi connectivity index (χ3n) is 3.04. The van der Waals surface area contributed by atoms with Gasteiger partial charge in [-0.05, 0) is 17.7 Å². The van der Waals surface area contributed by atoms with Crippen LogP contribution in [0.15, 0.2) is 24.3 Å². The van der Waals surface area contributed by atoms with Crippen LogP contribution in [-0.2, 0) is 6.42 Å². The lowest BCUT2D eigenvalue weighted by molar-refractivity contribution is -0.648. The first kappa shape index (κ1) is 9.53. The minimum absolute atomic E-state index is 0.411. The number of hydrogen-bond donors (Lipinski definition) is 1. The Labute approximate surface area is 85.3 Å². The Morgan fingerprint density at radius 3 is 2.43 bits per heavy atom. The van der Waals surface area contributed by atoms with E-state index in [2.05, 4.69) is 24.5 Å². The molecule has 1 aromatic carbocycles. The van der Waals surface area contributed by atoms with Crippen molar-refractivity contribution in [3.05, 3.63) is 36.9 Å². The SMILES string of the molecule is [CH2-][NH2+]C1(Cc2ccc(OC)cc2)CC1. The fourth-order valence-corrected chi connectivity index (χ4v) is 1.76. The first-order valence-electron chi connectivity index (χ1n) is 5.04. The molecule has 1 aliphatic rings. The van der Waals surface area contributed by atoms with Gasteiger partial charge >= 0.3 is 0 Å². The first-order chi connectivity index (χ1) is 6.78. The lowest BCUT2D eigenvalue weighted by Crippen LogP contribution is -2.86. The van der Waals surface area contributed by atoms with E-state index in [1.807, 2.05) is 12.1 Å². The molecule has 0 heterocycles. The Morgan fingerprint density at radius 1 is 1.36 bits per heavy atom. The topological polar surface area (TPSA) is 25.8 Å².